The van der Waals surface area contributed by atoms with Gasteiger partial charge in [0.25, 0.3) is 0 Å². The molecule has 2 aromatic carbocycles. The van der Waals surface area contributed by atoms with Gasteiger partial charge in [0.05, 0.1) is 27.5 Å². The van der Waals surface area contributed by atoms with Crippen LogP contribution in [0.3, 0.4) is 0 Å². The van der Waals surface area contributed by atoms with Gasteiger partial charge >= 0.3 is 0 Å². The van der Waals surface area contributed by atoms with Crippen molar-refractivity contribution in [2.75, 3.05) is 13.1 Å². The standard InChI is InChI=1S/C19H18BrN3O2/c1-3-22(4-2)10-13-11-8-9-12(20)16-18(11)23(21-13)14-6-5-7-15(24)17(14)19(16)25/h5-9,25H,3-4,10H2,1-2H3. The summed E-state index contributed by atoms with van der Waals surface area (Å²) in [6, 6.07) is 8.92. The maximum Gasteiger partial charge on any atom is 0.191 e. The van der Waals surface area contributed by atoms with E-state index in [0.717, 1.165) is 40.7 Å². The molecule has 25 heavy (non-hydrogen) atoms. The summed E-state index contributed by atoms with van der Waals surface area (Å²) in [7, 11) is 0. The summed E-state index contributed by atoms with van der Waals surface area (Å²) in [5, 5.41) is 17.5. The summed E-state index contributed by atoms with van der Waals surface area (Å²) in [6.07, 6.45) is 0. The van der Waals surface area contributed by atoms with Crippen molar-refractivity contribution in [3.8, 4) is 5.75 Å². The van der Waals surface area contributed by atoms with Gasteiger partial charge in [-0.05, 0) is 53.3 Å². The van der Waals surface area contributed by atoms with E-state index in [1.807, 2.05) is 18.2 Å². The van der Waals surface area contributed by atoms with Crippen molar-refractivity contribution < 1.29 is 5.11 Å². The van der Waals surface area contributed by atoms with E-state index in [0.29, 0.717) is 16.3 Å². The first-order chi connectivity index (χ1) is 12.1. The molecular weight excluding hydrogens is 382 g/mol. The lowest BCUT2D eigenvalue weighted by molar-refractivity contribution is 0.293. The molecule has 0 unspecified atom stereocenters. The molecule has 0 radical (unpaired) electrons. The molecule has 0 aliphatic carbocycles. The lowest BCUT2D eigenvalue weighted by Gasteiger charge is -2.16. The highest BCUT2D eigenvalue weighted by molar-refractivity contribution is 9.10. The fraction of sp³-hybridized carbons (Fsp3) is 0.263. The van der Waals surface area contributed by atoms with Crippen LogP contribution in [0, 0.1) is 0 Å². The third-order valence-electron chi connectivity index (χ3n) is 4.84. The quantitative estimate of drug-likeness (QED) is 0.531. The summed E-state index contributed by atoms with van der Waals surface area (Å²) in [5.41, 5.74) is 2.22. The van der Waals surface area contributed by atoms with E-state index < -0.39 is 0 Å². The minimum atomic E-state index is -0.203. The minimum Gasteiger partial charge on any atom is -0.506 e. The van der Waals surface area contributed by atoms with Crippen LogP contribution in [0.1, 0.15) is 19.5 Å². The van der Waals surface area contributed by atoms with Crippen molar-refractivity contribution >= 4 is 43.1 Å². The summed E-state index contributed by atoms with van der Waals surface area (Å²) < 4.78 is 2.55. The predicted molar refractivity (Wildman–Crippen MR) is 104 cm³/mol. The fourth-order valence-electron chi connectivity index (χ4n) is 3.48. The number of nitrogens with zero attached hydrogens (tertiary/aromatic N) is 3. The molecule has 0 aliphatic rings. The zero-order valence-electron chi connectivity index (χ0n) is 14.1. The first-order valence-corrected chi connectivity index (χ1v) is 9.15. The maximum atomic E-state index is 12.3. The molecule has 0 atom stereocenters. The monoisotopic (exact) mass is 399 g/mol. The second-order valence-electron chi connectivity index (χ2n) is 6.14. The second-order valence-corrected chi connectivity index (χ2v) is 6.99. The third kappa shape index (κ3) is 2.32. The smallest absolute Gasteiger partial charge is 0.191 e. The third-order valence-corrected chi connectivity index (χ3v) is 5.51. The highest BCUT2D eigenvalue weighted by Crippen LogP contribution is 2.40. The van der Waals surface area contributed by atoms with Crippen molar-refractivity contribution in [1.82, 2.24) is 14.5 Å². The van der Waals surface area contributed by atoms with E-state index in [-0.39, 0.29) is 11.2 Å². The van der Waals surface area contributed by atoms with E-state index in [4.69, 9.17) is 5.10 Å². The van der Waals surface area contributed by atoms with Gasteiger partial charge < -0.3 is 5.11 Å². The molecule has 0 amide bonds. The maximum absolute atomic E-state index is 12.3. The van der Waals surface area contributed by atoms with Crippen LogP contribution in [0.2, 0.25) is 0 Å². The second kappa shape index (κ2) is 5.97. The Morgan fingerprint density at radius 2 is 1.92 bits per heavy atom. The number of fused-ring (bicyclic) bond motifs is 2. The van der Waals surface area contributed by atoms with Crippen molar-refractivity contribution in [3.63, 3.8) is 0 Å². The molecular formula is C19H18BrN3O2. The van der Waals surface area contributed by atoms with Crippen LogP contribution in [-0.4, -0.2) is 32.7 Å². The largest absolute Gasteiger partial charge is 0.506 e. The Bertz CT molecular complexity index is 1150. The molecule has 2 heterocycles. The van der Waals surface area contributed by atoms with E-state index in [1.54, 1.807) is 10.6 Å². The van der Waals surface area contributed by atoms with Gasteiger partial charge in [0.15, 0.2) is 5.43 Å². The molecule has 0 aliphatic heterocycles. The van der Waals surface area contributed by atoms with Crippen LogP contribution >= 0.6 is 15.9 Å². The average Bonchev–Trinajstić information content (AvgIpc) is 2.97. The van der Waals surface area contributed by atoms with Gasteiger partial charge in [-0.1, -0.05) is 19.9 Å². The molecule has 6 heteroatoms. The van der Waals surface area contributed by atoms with Gasteiger partial charge in [-0.25, -0.2) is 4.52 Å². The number of benzene rings is 2. The molecule has 2 aromatic heterocycles. The van der Waals surface area contributed by atoms with Gasteiger partial charge in [0.1, 0.15) is 5.75 Å². The molecule has 128 valence electrons. The molecule has 0 bridgehead atoms. The molecule has 0 fully saturated rings. The Kier molecular flexibility index (Phi) is 3.89. The van der Waals surface area contributed by atoms with E-state index in [9.17, 15) is 9.90 Å². The Morgan fingerprint density at radius 1 is 1.16 bits per heavy atom. The van der Waals surface area contributed by atoms with Gasteiger partial charge in [-0.2, -0.15) is 5.10 Å². The zero-order valence-corrected chi connectivity index (χ0v) is 15.7. The van der Waals surface area contributed by atoms with Crippen LogP contribution in [0.15, 0.2) is 39.6 Å². The highest BCUT2D eigenvalue weighted by Gasteiger charge is 2.21. The number of halogens is 1. The zero-order chi connectivity index (χ0) is 17.7. The van der Waals surface area contributed by atoms with Crippen LogP contribution in [0.5, 0.6) is 5.75 Å². The van der Waals surface area contributed by atoms with Gasteiger partial charge in [0.2, 0.25) is 0 Å². The van der Waals surface area contributed by atoms with Crippen molar-refractivity contribution in [2.45, 2.75) is 20.4 Å². The summed E-state index contributed by atoms with van der Waals surface area (Å²) in [6.45, 7) is 6.85. The van der Waals surface area contributed by atoms with Crippen LogP contribution in [-0.2, 0) is 6.54 Å². The average molecular weight is 400 g/mol. The number of aromatic hydroxyl groups is 1. The van der Waals surface area contributed by atoms with E-state index >= 15 is 0 Å². The number of hydrogen-bond acceptors (Lipinski definition) is 4. The molecule has 4 rings (SSSR count). The summed E-state index contributed by atoms with van der Waals surface area (Å²) in [5.74, 6) is 0.0138. The lowest BCUT2D eigenvalue weighted by Crippen LogP contribution is -2.22. The number of hydrogen-bond donors (Lipinski definition) is 1. The fourth-order valence-corrected chi connectivity index (χ4v) is 3.99. The van der Waals surface area contributed by atoms with Crippen LogP contribution in [0.4, 0.5) is 0 Å². The number of rotatable bonds is 4. The molecule has 0 saturated carbocycles. The Hall–Kier alpha value is -2.18. The van der Waals surface area contributed by atoms with Crippen molar-refractivity contribution in [3.05, 3.63) is 50.7 Å². The van der Waals surface area contributed by atoms with E-state index in [2.05, 4.69) is 34.7 Å². The number of aromatic nitrogens is 2. The van der Waals surface area contributed by atoms with Crippen molar-refractivity contribution in [1.29, 1.82) is 0 Å². The van der Waals surface area contributed by atoms with Gasteiger partial charge in [0, 0.05) is 16.4 Å². The van der Waals surface area contributed by atoms with Gasteiger partial charge in [-0.15, -0.1) is 0 Å². The normalized spacial score (nSPS) is 12.2. The molecule has 0 spiro atoms. The van der Waals surface area contributed by atoms with Crippen LogP contribution in [0.25, 0.3) is 27.2 Å². The molecule has 5 nitrogen and oxygen atoms in total. The Balaban J connectivity index is 2.17. The topological polar surface area (TPSA) is 57.8 Å². The first kappa shape index (κ1) is 16.3. The summed E-state index contributed by atoms with van der Waals surface area (Å²) >= 11 is 3.52. The molecule has 1 N–H and O–H groups in total. The molecule has 4 aromatic rings. The summed E-state index contributed by atoms with van der Waals surface area (Å²) in [4.78, 5) is 14.6. The van der Waals surface area contributed by atoms with Crippen LogP contribution < -0.4 is 5.43 Å². The minimum absolute atomic E-state index is 0.0138. The highest BCUT2D eigenvalue weighted by atomic mass is 79.9. The van der Waals surface area contributed by atoms with Crippen molar-refractivity contribution in [2.24, 2.45) is 0 Å². The van der Waals surface area contributed by atoms with Gasteiger partial charge in [-0.3, -0.25) is 9.69 Å². The Morgan fingerprint density at radius 3 is 2.64 bits per heavy atom. The Labute approximate surface area is 152 Å². The van der Waals surface area contributed by atoms with E-state index in [1.165, 1.54) is 6.07 Å². The number of pyridine rings is 1. The molecule has 0 saturated heterocycles. The first-order valence-electron chi connectivity index (χ1n) is 8.36. The SMILES string of the molecule is CCN(CC)Cc1nn2c3cccc(=O)c3c(O)c3c(Br)ccc1c32. The lowest BCUT2D eigenvalue weighted by atomic mass is 10.1. The predicted octanol–water partition coefficient (Wildman–Crippen LogP) is 3.75.